The van der Waals surface area contributed by atoms with Gasteiger partial charge in [-0.15, -0.1) is 0 Å². The second-order valence-electron chi connectivity index (χ2n) is 5.79. The smallest absolute Gasteiger partial charge is 0.347 e. The van der Waals surface area contributed by atoms with Crippen LogP contribution in [0.3, 0.4) is 0 Å². The number of rotatable bonds is 7. The van der Waals surface area contributed by atoms with Crippen LogP contribution >= 0.6 is 0 Å². The van der Waals surface area contributed by atoms with Crippen molar-refractivity contribution in [1.82, 2.24) is 0 Å². The third-order valence-corrected chi connectivity index (χ3v) is 4.12. The zero-order chi connectivity index (χ0) is 20.8. The Kier molecular flexibility index (Phi) is 6.94. The molecule has 1 aliphatic rings. The van der Waals surface area contributed by atoms with Crippen LogP contribution in [-0.4, -0.2) is 46.2 Å². The molecule has 0 radical (unpaired) electrons. The number of carbonyl (C=O) groups is 3. The SMILES string of the molecule is CCC1=C(/C(=C\COC)C(=O)OC)Oc2c(C=O)c(OC)cc(C)c2C(=O)O1. The average molecular weight is 390 g/mol. The molecule has 1 aromatic rings. The van der Waals surface area contributed by atoms with Gasteiger partial charge in [-0.2, -0.15) is 0 Å². The summed E-state index contributed by atoms with van der Waals surface area (Å²) < 4.78 is 26.5. The molecule has 1 aliphatic heterocycles. The van der Waals surface area contributed by atoms with E-state index in [0.29, 0.717) is 11.8 Å². The fraction of sp³-hybridized carbons (Fsp3) is 0.350. The van der Waals surface area contributed by atoms with E-state index in [2.05, 4.69) is 0 Å². The van der Waals surface area contributed by atoms with Crippen LogP contribution in [0, 0.1) is 6.92 Å². The van der Waals surface area contributed by atoms with Gasteiger partial charge >= 0.3 is 11.9 Å². The molecule has 28 heavy (non-hydrogen) atoms. The molecule has 0 N–H and O–H groups in total. The lowest BCUT2D eigenvalue weighted by atomic mass is 10.0. The van der Waals surface area contributed by atoms with Crippen molar-refractivity contribution in [3.05, 3.63) is 45.9 Å². The van der Waals surface area contributed by atoms with E-state index >= 15 is 0 Å². The number of hydrogen-bond acceptors (Lipinski definition) is 8. The molecule has 8 heteroatoms. The lowest BCUT2D eigenvalue weighted by molar-refractivity contribution is -0.136. The van der Waals surface area contributed by atoms with Gasteiger partial charge in [0.05, 0.1) is 26.4 Å². The third kappa shape index (κ3) is 3.91. The van der Waals surface area contributed by atoms with E-state index in [-0.39, 0.29) is 52.7 Å². The fourth-order valence-corrected chi connectivity index (χ4v) is 2.76. The summed E-state index contributed by atoms with van der Waals surface area (Å²) >= 11 is 0. The maximum Gasteiger partial charge on any atom is 0.347 e. The highest BCUT2D eigenvalue weighted by molar-refractivity contribution is 6.01. The summed E-state index contributed by atoms with van der Waals surface area (Å²) in [7, 11) is 4.08. The van der Waals surface area contributed by atoms with E-state index in [1.54, 1.807) is 19.9 Å². The summed E-state index contributed by atoms with van der Waals surface area (Å²) in [6.45, 7) is 3.49. The van der Waals surface area contributed by atoms with Gasteiger partial charge in [-0.25, -0.2) is 9.59 Å². The van der Waals surface area contributed by atoms with Gasteiger partial charge in [0, 0.05) is 13.5 Å². The summed E-state index contributed by atoms with van der Waals surface area (Å²) in [5.41, 5.74) is 0.629. The highest BCUT2D eigenvalue weighted by Crippen LogP contribution is 2.39. The van der Waals surface area contributed by atoms with E-state index < -0.39 is 11.9 Å². The quantitative estimate of drug-likeness (QED) is 0.398. The molecule has 0 fully saturated rings. The average Bonchev–Trinajstić information content (AvgIpc) is 2.84. The van der Waals surface area contributed by atoms with Crippen molar-refractivity contribution >= 4 is 18.2 Å². The number of ether oxygens (including phenoxy) is 5. The van der Waals surface area contributed by atoms with Crippen LogP contribution in [0.15, 0.2) is 29.2 Å². The maximum atomic E-state index is 12.7. The lowest BCUT2D eigenvalue weighted by Crippen LogP contribution is -2.15. The van der Waals surface area contributed by atoms with Gasteiger partial charge in [0.15, 0.2) is 23.6 Å². The molecule has 0 amide bonds. The molecule has 150 valence electrons. The molecule has 2 rings (SSSR count). The number of carbonyl (C=O) groups excluding carboxylic acids is 3. The molecule has 8 nitrogen and oxygen atoms in total. The minimum absolute atomic E-state index is 0.0131. The van der Waals surface area contributed by atoms with Crippen molar-refractivity contribution in [2.75, 3.05) is 27.9 Å². The molecule has 0 spiro atoms. The Morgan fingerprint density at radius 1 is 1.21 bits per heavy atom. The number of hydrogen-bond donors (Lipinski definition) is 0. The number of aldehydes is 1. The van der Waals surface area contributed by atoms with Crippen molar-refractivity contribution in [2.24, 2.45) is 0 Å². The first-order valence-electron chi connectivity index (χ1n) is 8.51. The van der Waals surface area contributed by atoms with Crippen LogP contribution in [-0.2, 0) is 19.0 Å². The normalized spacial score (nSPS) is 13.9. The molecular formula is C20H22O8. The molecule has 0 bridgehead atoms. The predicted molar refractivity (Wildman–Crippen MR) is 98.5 cm³/mol. The van der Waals surface area contributed by atoms with Crippen molar-refractivity contribution in [3.8, 4) is 11.5 Å². The van der Waals surface area contributed by atoms with Crippen LogP contribution in [0.2, 0.25) is 0 Å². The van der Waals surface area contributed by atoms with Gasteiger partial charge in [0.25, 0.3) is 0 Å². The Bertz CT molecular complexity index is 863. The first-order chi connectivity index (χ1) is 13.4. The van der Waals surface area contributed by atoms with Gasteiger partial charge in [-0.1, -0.05) is 6.92 Å². The lowest BCUT2D eigenvalue weighted by Gasteiger charge is -2.16. The Hall–Kier alpha value is -3.13. The third-order valence-electron chi connectivity index (χ3n) is 4.12. The summed E-state index contributed by atoms with van der Waals surface area (Å²) in [6, 6.07) is 1.55. The minimum Gasteiger partial charge on any atom is -0.496 e. The number of methoxy groups -OCH3 is 3. The molecule has 1 heterocycles. The topological polar surface area (TPSA) is 97.4 Å². The molecule has 0 saturated heterocycles. The highest BCUT2D eigenvalue weighted by atomic mass is 16.6. The Balaban J connectivity index is 2.79. The standard InChI is InChI=1S/C20H22O8/c1-6-14-17(12(7-8-24-3)19(22)26-5)28-18-13(10-21)15(25-4)9-11(2)16(18)20(23)27-14/h7,9-10H,6,8H2,1-5H3/b12-7+. The van der Waals surface area contributed by atoms with Crippen LogP contribution in [0.1, 0.15) is 39.6 Å². The molecule has 0 unspecified atom stereocenters. The summed E-state index contributed by atoms with van der Waals surface area (Å²) in [5, 5.41) is 0. The van der Waals surface area contributed by atoms with E-state index in [1.807, 2.05) is 0 Å². The summed E-state index contributed by atoms with van der Waals surface area (Å²) in [4.78, 5) is 36.8. The van der Waals surface area contributed by atoms with E-state index in [9.17, 15) is 14.4 Å². The number of esters is 2. The first kappa shape index (κ1) is 21.2. The number of cyclic esters (lactones) is 1. The molecule has 0 saturated carbocycles. The molecule has 1 aromatic carbocycles. The fourth-order valence-electron chi connectivity index (χ4n) is 2.76. The zero-order valence-electron chi connectivity index (χ0n) is 16.4. The second-order valence-corrected chi connectivity index (χ2v) is 5.79. The zero-order valence-corrected chi connectivity index (χ0v) is 16.4. The number of benzene rings is 1. The monoisotopic (exact) mass is 390 g/mol. The Morgan fingerprint density at radius 2 is 1.93 bits per heavy atom. The van der Waals surface area contributed by atoms with Gasteiger partial charge < -0.3 is 23.7 Å². The first-order valence-corrected chi connectivity index (χ1v) is 8.51. The molecule has 0 aromatic heterocycles. The largest absolute Gasteiger partial charge is 0.496 e. The Labute approximate surface area is 162 Å². The molecule has 0 atom stereocenters. The number of fused-ring (bicyclic) bond motifs is 1. The molecule has 0 aliphatic carbocycles. The maximum absolute atomic E-state index is 12.7. The van der Waals surface area contributed by atoms with Crippen molar-refractivity contribution in [2.45, 2.75) is 20.3 Å². The van der Waals surface area contributed by atoms with E-state index in [0.717, 1.165) is 0 Å². The summed E-state index contributed by atoms with van der Waals surface area (Å²) in [5.74, 6) is -1.09. The van der Waals surface area contributed by atoms with E-state index in [4.69, 9.17) is 23.7 Å². The summed E-state index contributed by atoms with van der Waals surface area (Å²) in [6.07, 6.45) is 2.22. The van der Waals surface area contributed by atoms with Crippen molar-refractivity contribution in [1.29, 1.82) is 0 Å². The van der Waals surface area contributed by atoms with Crippen LogP contribution in [0.4, 0.5) is 0 Å². The van der Waals surface area contributed by atoms with Crippen LogP contribution in [0.25, 0.3) is 0 Å². The van der Waals surface area contributed by atoms with Gasteiger partial charge in [-0.3, -0.25) is 4.79 Å². The van der Waals surface area contributed by atoms with Gasteiger partial charge in [0.2, 0.25) is 0 Å². The van der Waals surface area contributed by atoms with Crippen LogP contribution < -0.4 is 9.47 Å². The van der Waals surface area contributed by atoms with E-state index in [1.165, 1.54) is 27.4 Å². The second kappa shape index (κ2) is 9.18. The van der Waals surface area contributed by atoms with Gasteiger partial charge in [0.1, 0.15) is 16.9 Å². The van der Waals surface area contributed by atoms with Crippen molar-refractivity contribution in [3.63, 3.8) is 0 Å². The Morgan fingerprint density at radius 3 is 2.46 bits per heavy atom. The van der Waals surface area contributed by atoms with Crippen molar-refractivity contribution < 1.29 is 38.1 Å². The van der Waals surface area contributed by atoms with Gasteiger partial charge in [-0.05, 0) is 24.6 Å². The van der Waals surface area contributed by atoms with Crippen LogP contribution in [0.5, 0.6) is 11.5 Å². The highest BCUT2D eigenvalue weighted by Gasteiger charge is 2.33. The number of allylic oxidation sites excluding steroid dienone is 1. The predicted octanol–water partition coefficient (Wildman–Crippen LogP) is 2.73. The minimum atomic E-state index is -0.704. The number of aryl methyl sites for hydroxylation is 1. The molecular weight excluding hydrogens is 368 g/mol.